The van der Waals surface area contributed by atoms with Gasteiger partial charge in [0.2, 0.25) is 0 Å². The first-order valence-corrected chi connectivity index (χ1v) is 4.48. The molecule has 0 rings (SSSR count). The number of Topliss-reactive ketones (excluding diaryl/α,β-unsaturated/α-hetero) is 1. The fourth-order valence-corrected chi connectivity index (χ4v) is 1.06. The molecule has 2 nitrogen and oxygen atoms in total. The SMILES string of the molecule is C=C/C=C\[C@H](C)[C@H](O)[C@@H](C)C(C)=O. The van der Waals surface area contributed by atoms with Gasteiger partial charge in [-0.25, -0.2) is 0 Å². The minimum Gasteiger partial charge on any atom is -0.392 e. The Hall–Kier alpha value is -0.890. The quantitative estimate of drug-likeness (QED) is 0.660. The molecule has 0 saturated carbocycles. The topological polar surface area (TPSA) is 37.3 Å². The van der Waals surface area contributed by atoms with E-state index in [1.807, 2.05) is 13.0 Å². The fraction of sp³-hybridized carbons (Fsp3) is 0.545. The molecule has 1 N–H and O–H groups in total. The number of carbonyl (C=O) groups excluding carboxylic acids is 1. The Morgan fingerprint density at radius 3 is 2.38 bits per heavy atom. The Bertz CT molecular complexity index is 206. The number of ketones is 1. The lowest BCUT2D eigenvalue weighted by molar-refractivity contribution is -0.124. The van der Waals surface area contributed by atoms with Crippen LogP contribution in [0.4, 0.5) is 0 Å². The molecule has 2 heteroatoms. The van der Waals surface area contributed by atoms with Crippen LogP contribution in [0.5, 0.6) is 0 Å². The number of aliphatic hydroxyl groups is 1. The van der Waals surface area contributed by atoms with Crippen molar-refractivity contribution in [3.05, 3.63) is 24.8 Å². The number of aliphatic hydroxyl groups excluding tert-OH is 1. The summed E-state index contributed by atoms with van der Waals surface area (Å²) in [5.41, 5.74) is 0. The lowest BCUT2D eigenvalue weighted by atomic mass is 9.90. The molecule has 0 aliphatic rings. The minimum atomic E-state index is -0.603. The van der Waals surface area contributed by atoms with E-state index in [0.717, 1.165) is 0 Å². The molecule has 0 unspecified atom stereocenters. The van der Waals surface area contributed by atoms with Crippen molar-refractivity contribution in [2.75, 3.05) is 0 Å². The molecular formula is C11H18O2. The molecular weight excluding hydrogens is 164 g/mol. The van der Waals surface area contributed by atoms with E-state index >= 15 is 0 Å². The summed E-state index contributed by atoms with van der Waals surface area (Å²) >= 11 is 0. The highest BCUT2D eigenvalue weighted by Gasteiger charge is 2.22. The largest absolute Gasteiger partial charge is 0.392 e. The van der Waals surface area contributed by atoms with Crippen LogP contribution in [0.25, 0.3) is 0 Å². The zero-order valence-corrected chi connectivity index (χ0v) is 8.53. The van der Waals surface area contributed by atoms with Gasteiger partial charge in [0.25, 0.3) is 0 Å². The zero-order valence-electron chi connectivity index (χ0n) is 8.53. The van der Waals surface area contributed by atoms with Gasteiger partial charge >= 0.3 is 0 Å². The monoisotopic (exact) mass is 182 g/mol. The lowest BCUT2D eigenvalue weighted by Crippen LogP contribution is -2.29. The highest BCUT2D eigenvalue weighted by molar-refractivity contribution is 5.78. The Balaban J connectivity index is 4.23. The standard InChI is InChI=1S/C11H18O2/c1-5-6-7-8(2)11(13)9(3)10(4)12/h5-9,11,13H,1H2,2-4H3/b7-6-/t8-,9-,11-/m0/s1. The van der Waals surface area contributed by atoms with Crippen molar-refractivity contribution in [3.8, 4) is 0 Å². The Kier molecular flexibility index (Phi) is 5.31. The van der Waals surface area contributed by atoms with Crippen molar-refractivity contribution in [1.82, 2.24) is 0 Å². The van der Waals surface area contributed by atoms with Crippen molar-refractivity contribution >= 4 is 5.78 Å². The smallest absolute Gasteiger partial charge is 0.135 e. The third-order valence-electron chi connectivity index (χ3n) is 2.24. The summed E-state index contributed by atoms with van der Waals surface area (Å²) in [6.07, 6.45) is 4.67. The first-order valence-electron chi connectivity index (χ1n) is 4.48. The van der Waals surface area contributed by atoms with Gasteiger partial charge in [-0.1, -0.05) is 38.7 Å². The average Bonchev–Trinajstić information content (AvgIpc) is 2.11. The highest BCUT2D eigenvalue weighted by Crippen LogP contribution is 2.14. The predicted octanol–water partition coefficient (Wildman–Crippen LogP) is 1.95. The van der Waals surface area contributed by atoms with Crippen molar-refractivity contribution in [2.24, 2.45) is 11.8 Å². The summed E-state index contributed by atoms with van der Waals surface area (Å²) in [5.74, 6) is -0.298. The van der Waals surface area contributed by atoms with Crippen molar-refractivity contribution in [2.45, 2.75) is 26.9 Å². The van der Waals surface area contributed by atoms with Gasteiger partial charge in [0.05, 0.1) is 6.10 Å². The number of hydrogen-bond donors (Lipinski definition) is 1. The lowest BCUT2D eigenvalue weighted by Gasteiger charge is -2.20. The zero-order chi connectivity index (χ0) is 10.4. The first-order chi connectivity index (χ1) is 6.00. The maximum absolute atomic E-state index is 11.0. The summed E-state index contributed by atoms with van der Waals surface area (Å²) in [6.45, 7) is 8.65. The second-order valence-electron chi connectivity index (χ2n) is 3.37. The molecule has 13 heavy (non-hydrogen) atoms. The van der Waals surface area contributed by atoms with E-state index in [1.165, 1.54) is 6.92 Å². The van der Waals surface area contributed by atoms with Gasteiger partial charge in [-0.2, -0.15) is 0 Å². The predicted molar refractivity (Wildman–Crippen MR) is 54.4 cm³/mol. The van der Waals surface area contributed by atoms with Crippen LogP contribution in [0.1, 0.15) is 20.8 Å². The van der Waals surface area contributed by atoms with Gasteiger partial charge in [0.1, 0.15) is 5.78 Å². The van der Waals surface area contributed by atoms with Crippen LogP contribution in [0.2, 0.25) is 0 Å². The van der Waals surface area contributed by atoms with Crippen LogP contribution in [0.15, 0.2) is 24.8 Å². The van der Waals surface area contributed by atoms with Crippen molar-refractivity contribution in [1.29, 1.82) is 0 Å². The molecule has 0 aliphatic heterocycles. The first kappa shape index (κ1) is 12.1. The normalized spacial score (nSPS) is 18.2. The molecule has 0 radical (unpaired) electrons. The number of allylic oxidation sites excluding steroid dienone is 2. The van der Waals surface area contributed by atoms with Crippen LogP contribution < -0.4 is 0 Å². The van der Waals surface area contributed by atoms with Crippen LogP contribution in [0.3, 0.4) is 0 Å². The van der Waals surface area contributed by atoms with E-state index in [4.69, 9.17) is 0 Å². The second-order valence-corrected chi connectivity index (χ2v) is 3.37. The average molecular weight is 182 g/mol. The summed E-state index contributed by atoms with van der Waals surface area (Å²) < 4.78 is 0. The molecule has 0 amide bonds. The fourth-order valence-electron chi connectivity index (χ4n) is 1.06. The molecule has 0 bridgehead atoms. The molecule has 0 fully saturated rings. The van der Waals surface area contributed by atoms with Gasteiger partial charge in [0.15, 0.2) is 0 Å². The Morgan fingerprint density at radius 2 is 2.00 bits per heavy atom. The number of carbonyl (C=O) groups is 1. The molecule has 0 aliphatic carbocycles. The second kappa shape index (κ2) is 5.70. The Labute approximate surface area is 80.0 Å². The maximum Gasteiger partial charge on any atom is 0.135 e. The van der Waals surface area contributed by atoms with Crippen LogP contribution in [0, 0.1) is 11.8 Å². The third kappa shape index (κ3) is 4.04. The van der Waals surface area contributed by atoms with E-state index in [9.17, 15) is 9.90 Å². The molecule has 0 spiro atoms. The molecule has 0 aromatic rings. The third-order valence-corrected chi connectivity index (χ3v) is 2.24. The van der Waals surface area contributed by atoms with E-state index < -0.39 is 6.10 Å². The summed E-state index contributed by atoms with van der Waals surface area (Å²) in [5, 5.41) is 9.68. The van der Waals surface area contributed by atoms with E-state index in [2.05, 4.69) is 6.58 Å². The van der Waals surface area contributed by atoms with Gasteiger partial charge < -0.3 is 5.11 Å². The van der Waals surface area contributed by atoms with Gasteiger partial charge in [-0.05, 0) is 6.92 Å². The van der Waals surface area contributed by atoms with E-state index in [-0.39, 0.29) is 17.6 Å². The van der Waals surface area contributed by atoms with E-state index in [0.29, 0.717) is 0 Å². The molecule has 0 heterocycles. The van der Waals surface area contributed by atoms with Gasteiger partial charge in [-0.3, -0.25) is 4.79 Å². The molecule has 0 aromatic heterocycles. The number of hydrogen-bond acceptors (Lipinski definition) is 2. The van der Waals surface area contributed by atoms with Gasteiger partial charge in [-0.15, -0.1) is 0 Å². The maximum atomic E-state index is 11.0. The molecule has 74 valence electrons. The van der Waals surface area contributed by atoms with Gasteiger partial charge in [0, 0.05) is 11.8 Å². The van der Waals surface area contributed by atoms with Crippen molar-refractivity contribution in [3.63, 3.8) is 0 Å². The van der Waals surface area contributed by atoms with Crippen molar-refractivity contribution < 1.29 is 9.90 Å². The molecule has 0 aromatic carbocycles. The van der Waals surface area contributed by atoms with Crippen LogP contribution >= 0.6 is 0 Å². The molecule has 3 atom stereocenters. The summed E-state index contributed by atoms with van der Waals surface area (Å²) in [6, 6.07) is 0. The summed E-state index contributed by atoms with van der Waals surface area (Å²) in [7, 11) is 0. The molecule has 0 saturated heterocycles. The summed E-state index contributed by atoms with van der Waals surface area (Å²) in [4.78, 5) is 11.0. The number of rotatable bonds is 5. The Morgan fingerprint density at radius 1 is 1.46 bits per heavy atom. The minimum absolute atomic E-state index is 0.0168. The highest BCUT2D eigenvalue weighted by atomic mass is 16.3. The van der Waals surface area contributed by atoms with Crippen LogP contribution in [-0.2, 0) is 4.79 Å². The van der Waals surface area contributed by atoms with E-state index in [1.54, 1.807) is 19.1 Å². The van der Waals surface area contributed by atoms with Crippen LogP contribution in [-0.4, -0.2) is 17.0 Å².